The van der Waals surface area contributed by atoms with Gasteiger partial charge in [-0.1, -0.05) is 33.6 Å². The Morgan fingerprint density at radius 1 is 0.957 bits per heavy atom. The molecule has 0 saturated carbocycles. The third-order valence-electron chi connectivity index (χ3n) is 4.93. The van der Waals surface area contributed by atoms with Crippen LogP contribution in [-0.4, -0.2) is 35.5 Å². The van der Waals surface area contributed by atoms with E-state index in [2.05, 4.69) is 13.8 Å². The Balaban J connectivity index is 2.43. The molecule has 0 aliphatic carbocycles. The molecule has 0 spiro atoms. The number of Topliss-reactive ketones (excluding diaryl/α,β-unsaturated/α-hetero) is 2. The van der Waals surface area contributed by atoms with E-state index in [-0.39, 0.29) is 29.3 Å². The summed E-state index contributed by atoms with van der Waals surface area (Å²) in [5.41, 5.74) is 0. The summed E-state index contributed by atoms with van der Waals surface area (Å²) in [6.07, 6.45) is 6.79. The Labute approximate surface area is 141 Å². The van der Waals surface area contributed by atoms with Gasteiger partial charge in [-0.3, -0.25) is 14.4 Å². The third kappa shape index (κ3) is 6.44. The summed E-state index contributed by atoms with van der Waals surface area (Å²) in [7, 11) is 0. The number of piperidine rings is 1. The van der Waals surface area contributed by atoms with Crippen LogP contribution in [0.5, 0.6) is 0 Å². The maximum absolute atomic E-state index is 12.6. The SMILES string of the molecule is CCCC(CCC)C(=O)N1CCC(C(=O)CCC(=O)CC)CC1. The third-order valence-corrected chi connectivity index (χ3v) is 4.93. The van der Waals surface area contributed by atoms with Crippen LogP contribution in [0.1, 0.15) is 78.6 Å². The molecule has 0 aromatic carbocycles. The molecule has 1 saturated heterocycles. The lowest BCUT2D eigenvalue weighted by atomic mass is 9.88. The second-order valence-corrected chi connectivity index (χ2v) is 6.73. The molecule has 1 fully saturated rings. The molecule has 0 N–H and O–H groups in total. The minimum atomic E-state index is 0.0412. The van der Waals surface area contributed by atoms with Gasteiger partial charge in [-0.25, -0.2) is 0 Å². The highest BCUT2D eigenvalue weighted by Gasteiger charge is 2.29. The van der Waals surface area contributed by atoms with Crippen LogP contribution in [0.15, 0.2) is 0 Å². The normalized spacial score (nSPS) is 15.9. The van der Waals surface area contributed by atoms with Crippen molar-refractivity contribution in [1.82, 2.24) is 4.90 Å². The molecule has 0 aromatic heterocycles. The highest BCUT2D eigenvalue weighted by atomic mass is 16.2. The number of amides is 1. The van der Waals surface area contributed by atoms with Crippen LogP contribution < -0.4 is 0 Å². The first-order chi connectivity index (χ1) is 11.0. The predicted molar refractivity (Wildman–Crippen MR) is 92.1 cm³/mol. The standard InChI is InChI=1S/C19H33NO3/c1-4-7-16(8-5-2)19(23)20-13-11-15(12-14-20)18(22)10-9-17(21)6-3/h15-16H,4-14H2,1-3H3. The Kier molecular flexibility index (Phi) is 9.12. The van der Waals surface area contributed by atoms with Gasteiger partial charge in [0, 0.05) is 44.2 Å². The van der Waals surface area contributed by atoms with Gasteiger partial charge in [0.25, 0.3) is 0 Å². The fourth-order valence-corrected chi connectivity index (χ4v) is 3.41. The van der Waals surface area contributed by atoms with Crippen LogP contribution in [0.3, 0.4) is 0 Å². The molecule has 1 aliphatic rings. The van der Waals surface area contributed by atoms with Crippen molar-refractivity contribution in [3.8, 4) is 0 Å². The van der Waals surface area contributed by atoms with E-state index in [0.29, 0.717) is 32.4 Å². The topological polar surface area (TPSA) is 54.5 Å². The number of hydrogen-bond acceptors (Lipinski definition) is 3. The van der Waals surface area contributed by atoms with Gasteiger partial charge in [-0.05, 0) is 25.7 Å². The summed E-state index contributed by atoms with van der Waals surface area (Å²) in [6.45, 7) is 7.47. The van der Waals surface area contributed by atoms with Gasteiger partial charge < -0.3 is 4.90 Å². The number of carbonyl (C=O) groups excluding carboxylic acids is 3. The Morgan fingerprint density at radius 2 is 1.52 bits per heavy atom. The molecule has 0 aromatic rings. The summed E-state index contributed by atoms with van der Waals surface area (Å²) in [5.74, 6) is 0.838. The highest BCUT2D eigenvalue weighted by molar-refractivity contribution is 5.87. The summed E-state index contributed by atoms with van der Waals surface area (Å²) in [6, 6.07) is 0. The van der Waals surface area contributed by atoms with Crippen LogP contribution in [-0.2, 0) is 14.4 Å². The first-order valence-electron chi connectivity index (χ1n) is 9.36. The van der Waals surface area contributed by atoms with Crippen molar-refractivity contribution in [3.05, 3.63) is 0 Å². The zero-order valence-electron chi connectivity index (χ0n) is 15.1. The number of rotatable bonds is 10. The van der Waals surface area contributed by atoms with Crippen molar-refractivity contribution >= 4 is 17.5 Å². The summed E-state index contributed by atoms with van der Waals surface area (Å²) < 4.78 is 0. The van der Waals surface area contributed by atoms with E-state index in [1.54, 1.807) is 0 Å². The van der Waals surface area contributed by atoms with Gasteiger partial charge in [0.1, 0.15) is 11.6 Å². The quantitative estimate of drug-likeness (QED) is 0.615. The van der Waals surface area contributed by atoms with Crippen molar-refractivity contribution in [2.75, 3.05) is 13.1 Å². The fraction of sp³-hybridized carbons (Fsp3) is 0.842. The number of carbonyl (C=O) groups is 3. The maximum atomic E-state index is 12.6. The zero-order chi connectivity index (χ0) is 17.2. The number of likely N-dealkylation sites (tertiary alicyclic amines) is 1. The van der Waals surface area contributed by atoms with Crippen molar-refractivity contribution in [2.45, 2.75) is 78.6 Å². The lowest BCUT2D eigenvalue weighted by Gasteiger charge is -2.33. The molecule has 1 heterocycles. The van der Waals surface area contributed by atoms with E-state index in [1.165, 1.54) is 0 Å². The van der Waals surface area contributed by atoms with Crippen molar-refractivity contribution in [1.29, 1.82) is 0 Å². The van der Waals surface area contributed by atoms with Crippen LogP contribution in [0, 0.1) is 11.8 Å². The van der Waals surface area contributed by atoms with Gasteiger partial charge in [-0.2, -0.15) is 0 Å². The van der Waals surface area contributed by atoms with Crippen molar-refractivity contribution in [3.63, 3.8) is 0 Å². The van der Waals surface area contributed by atoms with E-state index >= 15 is 0 Å². The zero-order valence-corrected chi connectivity index (χ0v) is 15.1. The van der Waals surface area contributed by atoms with Gasteiger partial charge in [-0.15, -0.1) is 0 Å². The summed E-state index contributed by atoms with van der Waals surface area (Å²) in [4.78, 5) is 38.1. The van der Waals surface area contributed by atoms with Crippen LogP contribution in [0.25, 0.3) is 0 Å². The average molecular weight is 323 g/mol. The van der Waals surface area contributed by atoms with Crippen molar-refractivity contribution in [2.24, 2.45) is 11.8 Å². The first-order valence-corrected chi connectivity index (χ1v) is 9.36. The smallest absolute Gasteiger partial charge is 0.225 e. The largest absolute Gasteiger partial charge is 0.342 e. The van der Waals surface area contributed by atoms with Crippen LogP contribution in [0.2, 0.25) is 0 Å². The first kappa shape index (κ1) is 19.9. The summed E-state index contributed by atoms with van der Waals surface area (Å²) in [5, 5.41) is 0. The van der Waals surface area contributed by atoms with Crippen LogP contribution in [0.4, 0.5) is 0 Å². The lowest BCUT2D eigenvalue weighted by Crippen LogP contribution is -2.43. The number of hydrogen-bond donors (Lipinski definition) is 0. The second kappa shape index (κ2) is 10.6. The van der Waals surface area contributed by atoms with Gasteiger partial charge in [0.05, 0.1) is 0 Å². The van der Waals surface area contributed by atoms with E-state index in [0.717, 1.165) is 38.5 Å². The van der Waals surface area contributed by atoms with E-state index in [1.807, 2.05) is 11.8 Å². The monoisotopic (exact) mass is 323 g/mol. The second-order valence-electron chi connectivity index (χ2n) is 6.73. The number of ketones is 2. The van der Waals surface area contributed by atoms with Crippen molar-refractivity contribution < 1.29 is 14.4 Å². The molecular formula is C19H33NO3. The molecule has 4 nitrogen and oxygen atoms in total. The number of nitrogens with zero attached hydrogens (tertiary/aromatic N) is 1. The van der Waals surface area contributed by atoms with Crippen LogP contribution >= 0.6 is 0 Å². The van der Waals surface area contributed by atoms with E-state index in [4.69, 9.17) is 0 Å². The average Bonchev–Trinajstić information content (AvgIpc) is 2.58. The molecule has 0 atom stereocenters. The van der Waals surface area contributed by atoms with E-state index < -0.39 is 0 Å². The molecule has 1 amide bonds. The molecule has 0 bridgehead atoms. The molecule has 23 heavy (non-hydrogen) atoms. The molecule has 1 aliphatic heterocycles. The molecular weight excluding hydrogens is 290 g/mol. The minimum absolute atomic E-state index is 0.0412. The minimum Gasteiger partial charge on any atom is -0.342 e. The molecule has 4 heteroatoms. The van der Waals surface area contributed by atoms with Gasteiger partial charge in [0.2, 0.25) is 5.91 Å². The molecule has 0 radical (unpaired) electrons. The van der Waals surface area contributed by atoms with E-state index in [9.17, 15) is 14.4 Å². The van der Waals surface area contributed by atoms with Gasteiger partial charge >= 0.3 is 0 Å². The maximum Gasteiger partial charge on any atom is 0.225 e. The molecule has 0 unspecified atom stereocenters. The Hall–Kier alpha value is -1.19. The fourth-order valence-electron chi connectivity index (χ4n) is 3.41. The summed E-state index contributed by atoms with van der Waals surface area (Å²) >= 11 is 0. The molecule has 1 rings (SSSR count). The Bertz CT molecular complexity index is 391. The Morgan fingerprint density at radius 3 is 2.00 bits per heavy atom. The molecule has 132 valence electrons. The van der Waals surface area contributed by atoms with Gasteiger partial charge in [0.15, 0.2) is 0 Å². The highest BCUT2D eigenvalue weighted by Crippen LogP contribution is 2.24. The lowest BCUT2D eigenvalue weighted by molar-refractivity contribution is -0.139. The predicted octanol–water partition coefficient (Wildman–Crippen LogP) is 3.77.